The topological polar surface area (TPSA) is 24.9 Å². The minimum atomic E-state index is 0. The smallest absolute Gasteiger partial charge is 0.0585 e. The lowest BCUT2D eigenvalue weighted by atomic mass is 10.1. The predicted octanol–water partition coefficient (Wildman–Crippen LogP) is 2.07. The number of nitrogens with zero attached hydrogens (tertiary/aromatic N) is 1. The summed E-state index contributed by atoms with van der Waals surface area (Å²) in [5.41, 5.74) is 2.55. The second kappa shape index (κ2) is 4.35. The summed E-state index contributed by atoms with van der Waals surface area (Å²) in [4.78, 5) is 4.29. The zero-order valence-corrected chi connectivity index (χ0v) is 9.81. The molecule has 2 heterocycles. The normalized spacial score (nSPS) is 14.8. The minimum Gasteiger partial charge on any atom is -0.311 e. The van der Waals surface area contributed by atoms with Crippen molar-refractivity contribution in [3.05, 3.63) is 28.0 Å². The Balaban J connectivity index is 0.000000720. The highest BCUT2D eigenvalue weighted by Crippen LogP contribution is 2.20. The third-order valence-electron chi connectivity index (χ3n) is 1.93. The van der Waals surface area contributed by atoms with Crippen molar-refractivity contribution in [2.75, 3.05) is 6.54 Å². The number of fused-ring (bicyclic) bond motifs is 1. The largest absolute Gasteiger partial charge is 0.311 e. The molecule has 0 bridgehead atoms. The van der Waals surface area contributed by atoms with E-state index in [-0.39, 0.29) is 17.0 Å². The second-order valence-electron chi connectivity index (χ2n) is 2.64. The monoisotopic (exact) mass is 292 g/mol. The molecule has 1 aromatic heterocycles. The highest BCUT2D eigenvalue weighted by Gasteiger charge is 2.11. The van der Waals surface area contributed by atoms with Gasteiger partial charge in [-0.1, -0.05) is 15.9 Å². The average molecular weight is 294 g/mol. The highest BCUT2D eigenvalue weighted by atomic mass is 79.9. The molecule has 1 N–H and O–H groups in total. The Morgan fingerprint density at radius 1 is 1.50 bits per heavy atom. The quantitative estimate of drug-likeness (QED) is 0.792. The van der Waals surface area contributed by atoms with Gasteiger partial charge in [0.2, 0.25) is 0 Å². The molecule has 1 aliphatic rings. The first-order chi connectivity index (χ1) is 5.38. The van der Waals surface area contributed by atoms with Crippen LogP contribution in [0.3, 0.4) is 0 Å². The molecule has 2 rings (SSSR count). The minimum absolute atomic E-state index is 0. The Kier molecular flexibility index (Phi) is 3.68. The van der Waals surface area contributed by atoms with Gasteiger partial charge in [0.1, 0.15) is 0 Å². The Bertz CT molecular complexity index is 276. The SMILES string of the molecule is Br.Brc1ccnc2c1CCNC2. The van der Waals surface area contributed by atoms with Crippen molar-refractivity contribution in [3.63, 3.8) is 0 Å². The Labute approximate surface area is 90.7 Å². The molecule has 12 heavy (non-hydrogen) atoms. The molecule has 0 spiro atoms. The zero-order chi connectivity index (χ0) is 7.68. The van der Waals surface area contributed by atoms with Gasteiger partial charge in [0.15, 0.2) is 0 Å². The van der Waals surface area contributed by atoms with Gasteiger partial charge in [0.25, 0.3) is 0 Å². The lowest BCUT2D eigenvalue weighted by molar-refractivity contribution is 0.625. The third kappa shape index (κ3) is 1.87. The van der Waals surface area contributed by atoms with Crippen molar-refractivity contribution in [1.29, 1.82) is 0 Å². The summed E-state index contributed by atoms with van der Waals surface area (Å²) in [7, 11) is 0. The van der Waals surface area contributed by atoms with E-state index in [1.165, 1.54) is 15.7 Å². The van der Waals surface area contributed by atoms with E-state index >= 15 is 0 Å². The number of aromatic nitrogens is 1. The number of rotatable bonds is 0. The first-order valence-corrected chi connectivity index (χ1v) is 4.50. The molecular weight excluding hydrogens is 284 g/mol. The van der Waals surface area contributed by atoms with Crippen LogP contribution in [-0.2, 0) is 13.0 Å². The summed E-state index contributed by atoms with van der Waals surface area (Å²) in [6.07, 6.45) is 2.93. The molecule has 2 nitrogen and oxygen atoms in total. The van der Waals surface area contributed by atoms with Crippen molar-refractivity contribution in [1.82, 2.24) is 10.3 Å². The van der Waals surface area contributed by atoms with Crippen LogP contribution in [0.4, 0.5) is 0 Å². The number of hydrogen-bond acceptors (Lipinski definition) is 2. The molecular formula is C8H10Br2N2. The zero-order valence-electron chi connectivity index (χ0n) is 6.51. The van der Waals surface area contributed by atoms with E-state index in [9.17, 15) is 0 Å². The molecule has 0 aromatic carbocycles. The van der Waals surface area contributed by atoms with Gasteiger partial charge in [-0.15, -0.1) is 17.0 Å². The molecule has 66 valence electrons. The van der Waals surface area contributed by atoms with Crippen LogP contribution >= 0.6 is 32.9 Å². The summed E-state index contributed by atoms with van der Waals surface area (Å²) in [6, 6.07) is 2.00. The molecule has 0 radical (unpaired) electrons. The van der Waals surface area contributed by atoms with Crippen molar-refractivity contribution in [2.24, 2.45) is 0 Å². The van der Waals surface area contributed by atoms with Crippen LogP contribution in [0.2, 0.25) is 0 Å². The van der Waals surface area contributed by atoms with Crippen molar-refractivity contribution in [3.8, 4) is 0 Å². The lowest BCUT2D eigenvalue weighted by Crippen LogP contribution is -2.24. The van der Waals surface area contributed by atoms with Crippen molar-refractivity contribution in [2.45, 2.75) is 13.0 Å². The molecule has 0 amide bonds. The van der Waals surface area contributed by atoms with E-state index in [2.05, 4.69) is 26.2 Å². The number of halogens is 2. The van der Waals surface area contributed by atoms with Crippen LogP contribution in [0.25, 0.3) is 0 Å². The molecule has 1 aromatic rings. The van der Waals surface area contributed by atoms with Gasteiger partial charge in [-0.2, -0.15) is 0 Å². The van der Waals surface area contributed by atoms with E-state index in [4.69, 9.17) is 0 Å². The van der Waals surface area contributed by atoms with Gasteiger partial charge in [0, 0.05) is 17.2 Å². The lowest BCUT2D eigenvalue weighted by Gasteiger charge is -2.16. The summed E-state index contributed by atoms with van der Waals surface area (Å²) in [5.74, 6) is 0. The molecule has 0 fully saturated rings. The predicted molar refractivity (Wildman–Crippen MR) is 57.7 cm³/mol. The van der Waals surface area contributed by atoms with E-state index in [0.717, 1.165) is 19.5 Å². The molecule has 0 atom stereocenters. The van der Waals surface area contributed by atoms with Gasteiger partial charge < -0.3 is 5.32 Å². The molecule has 1 aliphatic heterocycles. The molecule has 0 saturated heterocycles. The highest BCUT2D eigenvalue weighted by molar-refractivity contribution is 9.10. The maximum absolute atomic E-state index is 4.29. The van der Waals surface area contributed by atoms with Crippen LogP contribution < -0.4 is 5.32 Å². The number of hydrogen-bond donors (Lipinski definition) is 1. The van der Waals surface area contributed by atoms with Gasteiger partial charge >= 0.3 is 0 Å². The Morgan fingerprint density at radius 2 is 2.33 bits per heavy atom. The van der Waals surface area contributed by atoms with Crippen LogP contribution in [0.1, 0.15) is 11.3 Å². The molecule has 0 aliphatic carbocycles. The average Bonchev–Trinajstić information content (AvgIpc) is 2.06. The van der Waals surface area contributed by atoms with Gasteiger partial charge in [0.05, 0.1) is 5.69 Å². The molecule has 0 saturated carbocycles. The van der Waals surface area contributed by atoms with E-state index < -0.39 is 0 Å². The summed E-state index contributed by atoms with van der Waals surface area (Å²) in [6.45, 7) is 1.98. The fourth-order valence-electron chi connectivity index (χ4n) is 1.35. The van der Waals surface area contributed by atoms with Crippen LogP contribution in [-0.4, -0.2) is 11.5 Å². The number of pyridine rings is 1. The van der Waals surface area contributed by atoms with Crippen molar-refractivity contribution < 1.29 is 0 Å². The first kappa shape index (κ1) is 10.2. The van der Waals surface area contributed by atoms with Gasteiger partial charge in [-0.3, -0.25) is 4.98 Å². The Morgan fingerprint density at radius 3 is 3.08 bits per heavy atom. The van der Waals surface area contributed by atoms with Crippen molar-refractivity contribution >= 4 is 32.9 Å². The molecule has 0 unspecified atom stereocenters. The Hall–Kier alpha value is 0.0700. The summed E-state index contributed by atoms with van der Waals surface area (Å²) < 4.78 is 1.20. The standard InChI is InChI=1S/C8H9BrN2.BrH/c9-7-2-4-11-8-5-10-3-1-6(7)8;/h2,4,10H,1,3,5H2;1H. The van der Waals surface area contributed by atoms with Crippen LogP contribution in [0.5, 0.6) is 0 Å². The third-order valence-corrected chi connectivity index (χ3v) is 2.68. The van der Waals surface area contributed by atoms with E-state index in [1.54, 1.807) is 0 Å². The van der Waals surface area contributed by atoms with E-state index in [0.29, 0.717) is 0 Å². The fourth-order valence-corrected chi connectivity index (χ4v) is 1.89. The van der Waals surface area contributed by atoms with E-state index in [1.807, 2.05) is 12.3 Å². The van der Waals surface area contributed by atoms with Gasteiger partial charge in [-0.05, 0) is 24.6 Å². The number of nitrogens with one attached hydrogen (secondary N) is 1. The summed E-state index contributed by atoms with van der Waals surface area (Å²) >= 11 is 3.51. The second-order valence-corrected chi connectivity index (χ2v) is 3.50. The summed E-state index contributed by atoms with van der Waals surface area (Å²) in [5, 5.41) is 3.28. The fraction of sp³-hybridized carbons (Fsp3) is 0.375. The first-order valence-electron chi connectivity index (χ1n) is 3.71. The van der Waals surface area contributed by atoms with Crippen LogP contribution in [0, 0.1) is 0 Å². The molecule has 4 heteroatoms. The van der Waals surface area contributed by atoms with Crippen LogP contribution in [0.15, 0.2) is 16.7 Å². The maximum atomic E-state index is 4.29. The van der Waals surface area contributed by atoms with Gasteiger partial charge in [-0.25, -0.2) is 0 Å². The maximum Gasteiger partial charge on any atom is 0.0585 e.